The molecule has 0 radical (unpaired) electrons. The summed E-state index contributed by atoms with van der Waals surface area (Å²) in [7, 11) is 0. The maximum Gasteiger partial charge on any atom is 0.289 e. The molecule has 6 nitrogen and oxygen atoms in total. The fourth-order valence-corrected chi connectivity index (χ4v) is 3.20. The first-order valence-electron chi connectivity index (χ1n) is 8.83. The second kappa shape index (κ2) is 9.70. The lowest BCUT2D eigenvalue weighted by atomic mass is 10.0. The third kappa shape index (κ3) is 5.79. The number of hydrogen-bond donors (Lipinski definition) is 2. The number of aromatic nitrogens is 1. The Balaban J connectivity index is 1.72. The first kappa shape index (κ1) is 20.3. The Kier molecular flexibility index (Phi) is 6.80. The minimum absolute atomic E-state index is 0.131. The van der Waals surface area contributed by atoms with Crippen molar-refractivity contribution in [2.24, 2.45) is 0 Å². The summed E-state index contributed by atoms with van der Waals surface area (Å²) in [5, 5.41) is 7.56. The number of nitrogens with zero attached hydrogens (tertiary/aromatic N) is 1. The molecule has 0 saturated heterocycles. The Morgan fingerprint density at radius 3 is 2.41 bits per heavy atom. The lowest BCUT2D eigenvalue weighted by Gasteiger charge is -2.17. The van der Waals surface area contributed by atoms with Crippen molar-refractivity contribution in [3.8, 4) is 0 Å². The largest absolute Gasteiger partial charge is 0.343 e. The van der Waals surface area contributed by atoms with Crippen LogP contribution in [0.25, 0.3) is 0 Å². The zero-order valence-corrected chi connectivity index (χ0v) is 16.1. The van der Waals surface area contributed by atoms with E-state index in [1.807, 2.05) is 6.07 Å². The van der Waals surface area contributed by atoms with Crippen LogP contribution in [0.15, 0.2) is 66.2 Å². The molecule has 8 heteroatoms. The van der Waals surface area contributed by atoms with E-state index in [4.69, 9.17) is 0 Å². The van der Waals surface area contributed by atoms with Gasteiger partial charge in [-0.2, -0.15) is 0 Å². The van der Waals surface area contributed by atoms with Crippen LogP contribution in [0, 0.1) is 5.82 Å². The Bertz CT molecular complexity index is 976. The molecule has 148 valence electrons. The number of ketones is 1. The van der Waals surface area contributed by atoms with Gasteiger partial charge in [0.25, 0.3) is 11.8 Å². The minimum atomic E-state index is -1.06. The Morgan fingerprint density at radius 1 is 1.03 bits per heavy atom. The molecule has 3 rings (SSSR count). The summed E-state index contributed by atoms with van der Waals surface area (Å²) < 4.78 is 13.1. The number of nitrogens with one attached hydrogen (secondary N) is 2. The van der Waals surface area contributed by atoms with E-state index < -0.39 is 29.5 Å². The summed E-state index contributed by atoms with van der Waals surface area (Å²) in [5.41, 5.74) is 0.985. The highest BCUT2D eigenvalue weighted by atomic mass is 32.1. The number of thiazole rings is 1. The molecule has 0 aliphatic carbocycles. The summed E-state index contributed by atoms with van der Waals surface area (Å²) in [6.45, 7) is 0.131. The van der Waals surface area contributed by atoms with Gasteiger partial charge < -0.3 is 10.6 Å². The van der Waals surface area contributed by atoms with Crippen molar-refractivity contribution in [1.82, 2.24) is 15.6 Å². The number of rotatable bonds is 8. The topological polar surface area (TPSA) is 88.2 Å². The van der Waals surface area contributed by atoms with Crippen LogP contribution in [0.2, 0.25) is 0 Å². The molecule has 1 atom stereocenters. The normalized spacial score (nSPS) is 11.5. The number of hydrogen-bond acceptors (Lipinski definition) is 5. The molecule has 3 aromatic rings. The zero-order chi connectivity index (χ0) is 20.6. The summed E-state index contributed by atoms with van der Waals surface area (Å²) in [6.07, 6.45) is 1.76. The Labute approximate surface area is 170 Å². The van der Waals surface area contributed by atoms with E-state index in [0.29, 0.717) is 5.01 Å². The predicted octanol–water partition coefficient (Wildman–Crippen LogP) is 2.51. The summed E-state index contributed by atoms with van der Waals surface area (Å²) in [4.78, 5) is 41.6. The van der Waals surface area contributed by atoms with E-state index in [2.05, 4.69) is 15.6 Å². The monoisotopic (exact) mass is 411 g/mol. The van der Waals surface area contributed by atoms with Crippen LogP contribution in [0.5, 0.6) is 0 Å². The molecule has 0 unspecified atom stereocenters. The Hall–Kier alpha value is -3.39. The fraction of sp³-hybridized carbons (Fsp3) is 0.143. The van der Waals surface area contributed by atoms with E-state index >= 15 is 0 Å². The molecule has 2 aromatic carbocycles. The molecule has 0 aliphatic rings. The molecule has 1 heterocycles. The molecule has 0 fully saturated rings. The maximum atomic E-state index is 13.1. The summed E-state index contributed by atoms with van der Waals surface area (Å²) >= 11 is 1.36. The first-order chi connectivity index (χ1) is 14.0. The second-order valence-corrected chi connectivity index (χ2v) is 7.17. The van der Waals surface area contributed by atoms with Gasteiger partial charge in [-0.1, -0.05) is 30.3 Å². The van der Waals surface area contributed by atoms with Crippen molar-refractivity contribution in [1.29, 1.82) is 0 Å². The molecule has 2 N–H and O–H groups in total. The van der Waals surface area contributed by atoms with Crippen molar-refractivity contribution in [3.63, 3.8) is 0 Å². The van der Waals surface area contributed by atoms with Crippen molar-refractivity contribution in [2.75, 3.05) is 0 Å². The van der Waals surface area contributed by atoms with Gasteiger partial charge in [0.05, 0.1) is 6.54 Å². The highest BCUT2D eigenvalue weighted by Crippen LogP contribution is 2.08. The SMILES string of the molecule is O=C(NCc1nccs1)C(=O)[C@@H](Cc1ccccc1)NC(=O)c1ccc(F)cc1. The van der Waals surface area contributed by atoms with Gasteiger partial charge in [-0.3, -0.25) is 14.4 Å². The second-order valence-electron chi connectivity index (χ2n) is 6.20. The number of benzene rings is 2. The van der Waals surface area contributed by atoms with E-state index in [1.54, 1.807) is 35.8 Å². The van der Waals surface area contributed by atoms with Crippen LogP contribution in [0.3, 0.4) is 0 Å². The maximum absolute atomic E-state index is 13.1. The highest BCUT2D eigenvalue weighted by Gasteiger charge is 2.27. The van der Waals surface area contributed by atoms with E-state index in [1.165, 1.54) is 23.5 Å². The summed E-state index contributed by atoms with van der Waals surface area (Å²) in [6, 6.07) is 12.9. The van der Waals surface area contributed by atoms with Crippen LogP contribution >= 0.6 is 11.3 Å². The third-order valence-electron chi connectivity index (χ3n) is 4.12. The lowest BCUT2D eigenvalue weighted by Crippen LogP contribution is -2.48. The van der Waals surface area contributed by atoms with E-state index in [0.717, 1.165) is 17.7 Å². The fourth-order valence-electron chi connectivity index (χ4n) is 2.64. The van der Waals surface area contributed by atoms with Gasteiger partial charge in [0.15, 0.2) is 0 Å². The van der Waals surface area contributed by atoms with Gasteiger partial charge in [0, 0.05) is 23.6 Å². The average Bonchev–Trinajstić information content (AvgIpc) is 3.26. The van der Waals surface area contributed by atoms with Gasteiger partial charge in [0.1, 0.15) is 16.9 Å². The minimum Gasteiger partial charge on any atom is -0.343 e. The van der Waals surface area contributed by atoms with E-state index in [9.17, 15) is 18.8 Å². The molecule has 0 bridgehead atoms. The van der Waals surface area contributed by atoms with Gasteiger partial charge >= 0.3 is 0 Å². The average molecular weight is 411 g/mol. The van der Waals surface area contributed by atoms with Crippen molar-refractivity contribution in [3.05, 3.63) is 88.1 Å². The number of Topliss-reactive ketones (excluding diaryl/α,β-unsaturated/α-hetero) is 1. The number of halogens is 1. The third-order valence-corrected chi connectivity index (χ3v) is 4.90. The molecular weight excluding hydrogens is 393 g/mol. The van der Waals surface area contributed by atoms with Gasteiger partial charge in [0.2, 0.25) is 5.78 Å². The molecule has 1 aromatic heterocycles. The molecule has 0 saturated carbocycles. The number of carbonyl (C=O) groups is 3. The highest BCUT2D eigenvalue weighted by molar-refractivity contribution is 7.09. The molecule has 29 heavy (non-hydrogen) atoms. The van der Waals surface area contributed by atoms with Crippen molar-refractivity contribution < 1.29 is 18.8 Å². The Morgan fingerprint density at radius 2 is 1.76 bits per heavy atom. The van der Waals surface area contributed by atoms with E-state index in [-0.39, 0.29) is 18.5 Å². The molecule has 2 amide bonds. The number of amides is 2. The molecular formula is C21H18FN3O3S. The standard InChI is InChI=1S/C21H18FN3O3S/c22-16-8-6-15(7-9-16)20(27)25-17(12-14-4-2-1-3-5-14)19(26)21(28)24-13-18-23-10-11-29-18/h1-11,17H,12-13H2,(H,24,28)(H,25,27)/t17-/m1/s1. The van der Waals surface area contributed by atoms with Gasteiger partial charge in [-0.05, 0) is 29.8 Å². The van der Waals surface area contributed by atoms with Crippen LogP contribution in [-0.2, 0) is 22.6 Å². The van der Waals surface area contributed by atoms with Crippen LogP contribution < -0.4 is 10.6 Å². The number of carbonyl (C=O) groups excluding carboxylic acids is 3. The van der Waals surface area contributed by atoms with Crippen molar-refractivity contribution in [2.45, 2.75) is 19.0 Å². The molecule has 0 spiro atoms. The van der Waals surface area contributed by atoms with Crippen LogP contribution in [0.4, 0.5) is 4.39 Å². The van der Waals surface area contributed by atoms with Crippen LogP contribution in [0.1, 0.15) is 20.9 Å². The predicted molar refractivity (Wildman–Crippen MR) is 107 cm³/mol. The van der Waals surface area contributed by atoms with Gasteiger partial charge in [-0.15, -0.1) is 11.3 Å². The smallest absolute Gasteiger partial charge is 0.289 e. The summed E-state index contributed by atoms with van der Waals surface area (Å²) in [5.74, 6) is -2.60. The van der Waals surface area contributed by atoms with Crippen molar-refractivity contribution >= 4 is 28.9 Å². The van der Waals surface area contributed by atoms with Gasteiger partial charge in [-0.25, -0.2) is 9.37 Å². The lowest BCUT2D eigenvalue weighted by molar-refractivity contribution is -0.139. The zero-order valence-electron chi connectivity index (χ0n) is 15.3. The quantitative estimate of drug-likeness (QED) is 0.558. The first-order valence-corrected chi connectivity index (χ1v) is 9.71. The molecule has 0 aliphatic heterocycles. The van der Waals surface area contributed by atoms with Crippen LogP contribution in [-0.4, -0.2) is 28.6 Å².